The molecule has 0 saturated heterocycles. The van der Waals surface area contributed by atoms with Crippen LogP contribution in [0.15, 0.2) is 48.5 Å². The van der Waals surface area contributed by atoms with Crippen LogP contribution >= 0.6 is 0 Å². The van der Waals surface area contributed by atoms with E-state index >= 15 is 0 Å². The maximum atomic E-state index is 14.4. The molecule has 142 valence electrons. The van der Waals surface area contributed by atoms with E-state index in [9.17, 15) is 14.3 Å². The van der Waals surface area contributed by atoms with Gasteiger partial charge in [-0.1, -0.05) is 36.4 Å². The maximum absolute atomic E-state index is 14.4. The molecule has 3 aromatic rings. The van der Waals surface area contributed by atoms with Gasteiger partial charge in [-0.3, -0.25) is 4.79 Å². The van der Waals surface area contributed by atoms with Crippen LogP contribution in [0.4, 0.5) is 4.39 Å². The molecule has 3 rings (SSSR count). The van der Waals surface area contributed by atoms with Crippen molar-refractivity contribution in [3.8, 4) is 11.1 Å². The summed E-state index contributed by atoms with van der Waals surface area (Å²) in [5.41, 5.74) is 13.1. The van der Waals surface area contributed by atoms with Gasteiger partial charge in [0.2, 0.25) is 0 Å². The second-order valence-electron chi connectivity index (χ2n) is 6.42. The van der Waals surface area contributed by atoms with Gasteiger partial charge >= 0.3 is 0 Å². The number of hydrogen-bond donors (Lipinski definition) is 5. The van der Waals surface area contributed by atoms with Crippen molar-refractivity contribution in [2.24, 2.45) is 11.5 Å². The van der Waals surface area contributed by atoms with E-state index < -0.39 is 23.9 Å². The summed E-state index contributed by atoms with van der Waals surface area (Å²) in [4.78, 5) is 15.8. The smallest absolute Gasteiger partial charge is 0.268 e. The van der Waals surface area contributed by atoms with E-state index in [0.29, 0.717) is 24.1 Å². The number of nitrogens with one attached hydrogen (secondary N) is 2. The third-order valence-corrected chi connectivity index (χ3v) is 4.53. The Hall–Kier alpha value is -2.74. The lowest BCUT2D eigenvalue weighted by atomic mass is 10.0. The second kappa shape index (κ2) is 8.30. The molecule has 6 nitrogen and oxygen atoms in total. The molecular formula is C20H23FN4O2. The van der Waals surface area contributed by atoms with Gasteiger partial charge in [-0.15, -0.1) is 0 Å². The Kier molecular flexibility index (Phi) is 5.85. The molecule has 2 atom stereocenters. The van der Waals surface area contributed by atoms with Gasteiger partial charge in [0, 0.05) is 34.6 Å². The standard InChI is InChI=1S/C20H23FN4O2/c21-14-7-3-1-5-12(14)18-13-6-2-4-8-16(13)25-19(18)20(27)24-11-15(23)17(26)9-10-22/h1-8,15,17,25-26H,9-11,22-23H2,(H,24,27)/t15-,17?/m0/s1. The molecule has 0 radical (unpaired) electrons. The molecule has 0 bridgehead atoms. The van der Waals surface area contributed by atoms with Crippen LogP contribution in [0.5, 0.6) is 0 Å². The van der Waals surface area contributed by atoms with Crippen molar-refractivity contribution in [3.05, 3.63) is 60.0 Å². The summed E-state index contributed by atoms with van der Waals surface area (Å²) in [6, 6.07) is 13.0. The first kappa shape index (κ1) is 19.0. The Bertz CT molecular complexity index is 941. The molecule has 1 unspecified atom stereocenters. The number of para-hydroxylation sites is 1. The van der Waals surface area contributed by atoms with Crippen LogP contribution in [-0.2, 0) is 0 Å². The lowest BCUT2D eigenvalue weighted by Gasteiger charge is -2.18. The molecule has 1 aromatic heterocycles. The Labute approximate surface area is 156 Å². The van der Waals surface area contributed by atoms with Gasteiger partial charge in [-0.05, 0) is 25.1 Å². The number of rotatable bonds is 7. The Balaban J connectivity index is 1.93. The van der Waals surface area contributed by atoms with E-state index in [-0.39, 0.29) is 12.2 Å². The van der Waals surface area contributed by atoms with E-state index in [1.807, 2.05) is 24.3 Å². The lowest BCUT2D eigenvalue weighted by molar-refractivity contribution is 0.0925. The zero-order chi connectivity index (χ0) is 19.4. The first-order chi connectivity index (χ1) is 13.0. The number of fused-ring (bicyclic) bond motifs is 1. The van der Waals surface area contributed by atoms with Crippen LogP contribution in [0.2, 0.25) is 0 Å². The maximum Gasteiger partial charge on any atom is 0.268 e. The van der Waals surface area contributed by atoms with Crippen LogP contribution in [0.3, 0.4) is 0 Å². The fourth-order valence-corrected chi connectivity index (χ4v) is 3.08. The highest BCUT2D eigenvalue weighted by molar-refractivity contribution is 6.09. The van der Waals surface area contributed by atoms with Gasteiger partial charge < -0.3 is 26.9 Å². The molecule has 0 fully saturated rings. The number of amides is 1. The molecule has 0 aliphatic rings. The van der Waals surface area contributed by atoms with Gasteiger partial charge in [0.1, 0.15) is 11.5 Å². The van der Waals surface area contributed by atoms with E-state index in [4.69, 9.17) is 11.5 Å². The fraction of sp³-hybridized carbons (Fsp3) is 0.250. The number of aliphatic hydroxyl groups is 1. The predicted octanol–water partition coefficient (Wildman–Crippen LogP) is 1.74. The number of halogens is 1. The molecule has 2 aromatic carbocycles. The number of carbonyl (C=O) groups is 1. The van der Waals surface area contributed by atoms with E-state index in [0.717, 1.165) is 10.9 Å². The third kappa shape index (κ3) is 4.00. The topological polar surface area (TPSA) is 117 Å². The minimum Gasteiger partial charge on any atom is -0.391 e. The minimum atomic E-state index is -0.802. The Morgan fingerprint density at radius 2 is 1.89 bits per heavy atom. The summed E-state index contributed by atoms with van der Waals surface area (Å²) in [5, 5.41) is 13.3. The SMILES string of the molecule is NCCC(O)[C@@H](N)CNC(=O)c1[nH]c2ccccc2c1-c1ccccc1F. The largest absolute Gasteiger partial charge is 0.391 e. The predicted molar refractivity (Wildman–Crippen MR) is 104 cm³/mol. The lowest BCUT2D eigenvalue weighted by Crippen LogP contribution is -2.45. The molecule has 7 N–H and O–H groups in total. The van der Waals surface area contributed by atoms with E-state index in [1.54, 1.807) is 18.2 Å². The highest BCUT2D eigenvalue weighted by Gasteiger charge is 2.22. The van der Waals surface area contributed by atoms with Gasteiger partial charge in [-0.25, -0.2) is 4.39 Å². The van der Waals surface area contributed by atoms with Gasteiger partial charge in [0.25, 0.3) is 5.91 Å². The average Bonchev–Trinajstić information content (AvgIpc) is 3.06. The van der Waals surface area contributed by atoms with E-state index in [1.165, 1.54) is 6.07 Å². The van der Waals surface area contributed by atoms with Crippen molar-refractivity contribution in [3.63, 3.8) is 0 Å². The third-order valence-electron chi connectivity index (χ3n) is 4.53. The number of benzene rings is 2. The minimum absolute atomic E-state index is 0.0755. The van der Waals surface area contributed by atoms with Crippen molar-refractivity contribution in [2.75, 3.05) is 13.1 Å². The van der Waals surface area contributed by atoms with Crippen LogP contribution < -0.4 is 16.8 Å². The number of H-pyrrole nitrogens is 1. The molecule has 0 spiro atoms. The number of nitrogens with two attached hydrogens (primary N) is 2. The normalized spacial score (nSPS) is 13.5. The first-order valence-electron chi connectivity index (χ1n) is 8.80. The fourth-order valence-electron chi connectivity index (χ4n) is 3.08. The summed E-state index contributed by atoms with van der Waals surface area (Å²) >= 11 is 0. The van der Waals surface area contributed by atoms with Crippen molar-refractivity contribution >= 4 is 16.8 Å². The van der Waals surface area contributed by atoms with Crippen molar-refractivity contribution in [1.82, 2.24) is 10.3 Å². The molecular weight excluding hydrogens is 347 g/mol. The summed E-state index contributed by atoms with van der Waals surface area (Å²) in [6.45, 7) is 0.383. The van der Waals surface area contributed by atoms with E-state index in [2.05, 4.69) is 10.3 Å². The monoisotopic (exact) mass is 370 g/mol. The quantitative estimate of drug-likeness (QED) is 0.435. The average molecular weight is 370 g/mol. The van der Waals surface area contributed by atoms with Crippen LogP contribution in [-0.4, -0.2) is 41.2 Å². The van der Waals surface area contributed by atoms with Gasteiger partial charge in [0.15, 0.2) is 0 Å². The summed E-state index contributed by atoms with van der Waals surface area (Å²) in [6.07, 6.45) is -0.451. The highest BCUT2D eigenvalue weighted by atomic mass is 19.1. The highest BCUT2D eigenvalue weighted by Crippen LogP contribution is 2.33. The molecule has 0 aliphatic carbocycles. The molecule has 27 heavy (non-hydrogen) atoms. The van der Waals surface area contributed by atoms with Crippen molar-refractivity contribution < 1.29 is 14.3 Å². The molecule has 0 aliphatic heterocycles. The van der Waals surface area contributed by atoms with Crippen molar-refractivity contribution in [2.45, 2.75) is 18.6 Å². The number of hydrogen-bond acceptors (Lipinski definition) is 4. The first-order valence-corrected chi connectivity index (χ1v) is 8.80. The van der Waals surface area contributed by atoms with Gasteiger partial charge in [-0.2, -0.15) is 0 Å². The zero-order valence-corrected chi connectivity index (χ0v) is 14.8. The molecule has 7 heteroatoms. The summed E-state index contributed by atoms with van der Waals surface area (Å²) in [7, 11) is 0. The van der Waals surface area contributed by atoms with Crippen LogP contribution in [0.25, 0.3) is 22.0 Å². The Morgan fingerprint density at radius 1 is 1.19 bits per heavy atom. The zero-order valence-electron chi connectivity index (χ0n) is 14.8. The number of aromatic nitrogens is 1. The summed E-state index contributed by atoms with van der Waals surface area (Å²) in [5.74, 6) is -0.828. The van der Waals surface area contributed by atoms with Crippen molar-refractivity contribution in [1.29, 1.82) is 0 Å². The Morgan fingerprint density at radius 3 is 2.63 bits per heavy atom. The summed E-state index contributed by atoms with van der Waals surface area (Å²) < 4.78 is 14.4. The molecule has 0 saturated carbocycles. The molecule has 1 heterocycles. The van der Waals surface area contributed by atoms with Crippen LogP contribution in [0, 0.1) is 5.82 Å². The number of carbonyl (C=O) groups excluding carboxylic acids is 1. The van der Waals surface area contributed by atoms with Crippen LogP contribution in [0.1, 0.15) is 16.9 Å². The second-order valence-corrected chi connectivity index (χ2v) is 6.42. The number of aliphatic hydroxyl groups excluding tert-OH is 1. The van der Waals surface area contributed by atoms with Gasteiger partial charge in [0.05, 0.1) is 6.10 Å². The number of aromatic amines is 1. The molecule has 1 amide bonds.